The van der Waals surface area contributed by atoms with Crippen molar-refractivity contribution in [3.05, 3.63) is 47.5 Å². The van der Waals surface area contributed by atoms with Crippen molar-refractivity contribution in [2.24, 2.45) is 0 Å². The van der Waals surface area contributed by atoms with Crippen LogP contribution in [-0.2, 0) is 0 Å². The van der Waals surface area contributed by atoms with Crippen LogP contribution in [0.4, 0.5) is 0 Å². The Morgan fingerprint density at radius 3 is 2.06 bits per heavy atom. The van der Waals surface area contributed by atoms with E-state index in [4.69, 9.17) is 5.26 Å². The summed E-state index contributed by atoms with van der Waals surface area (Å²) >= 11 is -0.802. The SMILES string of the molecule is N#C[Se]N1C(=O)c2cccc3cccc(c23)C1=O. The van der Waals surface area contributed by atoms with Crippen LogP contribution in [0.3, 0.4) is 0 Å². The summed E-state index contributed by atoms with van der Waals surface area (Å²) in [6, 6.07) is 10.7. The molecule has 0 spiro atoms. The summed E-state index contributed by atoms with van der Waals surface area (Å²) in [4.78, 5) is 26.3. The van der Waals surface area contributed by atoms with Crippen molar-refractivity contribution in [3.63, 3.8) is 0 Å². The number of benzene rings is 2. The molecule has 4 nitrogen and oxygen atoms in total. The van der Waals surface area contributed by atoms with Crippen LogP contribution < -0.4 is 0 Å². The Morgan fingerprint density at radius 2 is 1.56 bits per heavy atom. The van der Waals surface area contributed by atoms with E-state index in [0.717, 1.165) is 9.30 Å². The standard InChI is InChI=1S/C13H6N2O2Se/c14-7-18-15-12(16)9-5-1-3-8-4-2-6-10(11(8)9)13(15)17/h1-6H. The van der Waals surface area contributed by atoms with Gasteiger partial charge in [-0.25, -0.2) is 0 Å². The van der Waals surface area contributed by atoms with E-state index in [2.05, 4.69) is 0 Å². The Morgan fingerprint density at radius 1 is 1.00 bits per heavy atom. The van der Waals surface area contributed by atoms with Gasteiger partial charge in [-0.2, -0.15) is 0 Å². The van der Waals surface area contributed by atoms with Gasteiger partial charge in [-0.05, 0) is 0 Å². The zero-order valence-electron chi connectivity index (χ0n) is 9.08. The maximum atomic E-state index is 12.2. The molecule has 0 fully saturated rings. The molecule has 1 aliphatic heterocycles. The average molecular weight is 301 g/mol. The van der Waals surface area contributed by atoms with Crippen molar-refractivity contribution in [1.82, 2.24) is 3.92 Å². The number of hydrogen-bond acceptors (Lipinski definition) is 3. The number of nitrogens with zero attached hydrogens (tertiary/aromatic N) is 2. The molecule has 1 aliphatic rings. The summed E-state index contributed by atoms with van der Waals surface area (Å²) in [6.07, 6.45) is 0. The number of imide groups is 1. The van der Waals surface area contributed by atoms with E-state index in [1.165, 1.54) is 0 Å². The van der Waals surface area contributed by atoms with Gasteiger partial charge in [0.15, 0.2) is 0 Å². The molecule has 0 radical (unpaired) electrons. The molecule has 0 atom stereocenters. The molecule has 0 N–H and O–H groups in total. The van der Waals surface area contributed by atoms with Crippen LogP contribution in [0.25, 0.3) is 10.8 Å². The van der Waals surface area contributed by atoms with Crippen LogP contribution in [-0.4, -0.2) is 30.9 Å². The Hall–Kier alpha value is -2.15. The topological polar surface area (TPSA) is 61.2 Å². The van der Waals surface area contributed by atoms with E-state index in [0.29, 0.717) is 16.5 Å². The summed E-state index contributed by atoms with van der Waals surface area (Å²) in [5, 5.41) is 10.3. The molecule has 1 heterocycles. The van der Waals surface area contributed by atoms with Gasteiger partial charge in [-0.1, -0.05) is 0 Å². The van der Waals surface area contributed by atoms with Gasteiger partial charge < -0.3 is 0 Å². The zero-order chi connectivity index (χ0) is 12.7. The molecule has 0 aromatic heterocycles. The zero-order valence-corrected chi connectivity index (χ0v) is 10.8. The fourth-order valence-corrected chi connectivity index (χ4v) is 3.06. The van der Waals surface area contributed by atoms with E-state index in [-0.39, 0.29) is 11.8 Å². The fourth-order valence-electron chi connectivity index (χ4n) is 2.13. The second-order valence-electron chi connectivity index (χ2n) is 3.80. The molecule has 0 saturated carbocycles. The third-order valence-corrected chi connectivity index (χ3v) is 4.12. The summed E-state index contributed by atoms with van der Waals surface area (Å²) < 4.78 is 1.05. The molecule has 86 valence electrons. The van der Waals surface area contributed by atoms with E-state index in [9.17, 15) is 9.59 Å². The van der Waals surface area contributed by atoms with Crippen LogP contribution in [0.15, 0.2) is 36.4 Å². The van der Waals surface area contributed by atoms with E-state index in [1.807, 2.05) is 17.1 Å². The molecule has 0 aliphatic carbocycles. The van der Waals surface area contributed by atoms with Crippen molar-refractivity contribution in [1.29, 1.82) is 5.26 Å². The van der Waals surface area contributed by atoms with Crippen molar-refractivity contribution < 1.29 is 9.59 Å². The second kappa shape index (κ2) is 3.95. The number of rotatable bonds is 1. The number of carbonyl (C=O) groups is 2. The first-order valence-electron chi connectivity index (χ1n) is 5.20. The molecule has 2 amide bonds. The molecule has 0 bridgehead atoms. The number of amides is 2. The molecule has 18 heavy (non-hydrogen) atoms. The van der Waals surface area contributed by atoms with Gasteiger partial charge in [0.1, 0.15) is 0 Å². The van der Waals surface area contributed by atoms with Gasteiger partial charge in [0.05, 0.1) is 0 Å². The van der Waals surface area contributed by atoms with E-state index in [1.54, 1.807) is 24.3 Å². The molecule has 2 aromatic carbocycles. The average Bonchev–Trinajstić information content (AvgIpc) is 2.40. The third kappa shape index (κ3) is 1.37. The Kier molecular flexibility index (Phi) is 2.41. The summed E-state index contributed by atoms with van der Waals surface area (Å²) in [7, 11) is 0. The fraction of sp³-hybridized carbons (Fsp3) is 0. The van der Waals surface area contributed by atoms with Crippen molar-refractivity contribution >= 4 is 37.8 Å². The minimum atomic E-state index is -0.802. The van der Waals surface area contributed by atoms with Crippen LogP contribution >= 0.6 is 0 Å². The maximum absolute atomic E-state index is 12.2. The first-order valence-corrected chi connectivity index (χ1v) is 6.83. The first-order chi connectivity index (χ1) is 8.74. The van der Waals surface area contributed by atoms with Gasteiger partial charge in [-0.15, -0.1) is 0 Å². The predicted octanol–water partition coefficient (Wildman–Crippen LogP) is 1.54. The van der Waals surface area contributed by atoms with Crippen LogP contribution in [0.1, 0.15) is 20.7 Å². The van der Waals surface area contributed by atoms with E-state index < -0.39 is 15.2 Å². The monoisotopic (exact) mass is 302 g/mol. The Bertz CT molecular complexity index is 683. The number of carbonyl (C=O) groups excluding carboxylic acids is 2. The van der Waals surface area contributed by atoms with Crippen LogP contribution in [0.2, 0.25) is 0 Å². The molecule has 2 aromatic rings. The van der Waals surface area contributed by atoms with Crippen LogP contribution in [0.5, 0.6) is 0 Å². The number of nitriles is 1. The van der Waals surface area contributed by atoms with Crippen molar-refractivity contribution in [2.45, 2.75) is 0 Å². The van der Waals surface area contributed by atoms with E-state index >= 15 is 0 Å². The van der Waals surface area contributed by atoms with Gasteiger partial charge in [0.25, 0.3) is 0 Å². The molecule has 0 saturated heterocycles. The first kappa shape index (κ1) is 11.0. The minimum absolute atomic E-state index is 0.370. The van der Waals surface area contributed by atoms with Gasteiger partial charge >= 0.3 is 109 Å². The normalized spacial score (nSPS) is 13.8. The van der Waals surface area contributed by atoms with Gasteiger partial charge in [-0.3, -0.25) is 0 Å². The third-order valence-electron chi connectivity index (χ3n) is 2.87. The molecule has 5 heteroatoms. The van der Waals surface area contributed by atoms with Gasteiger partial charge in [0.2, 0.25) is 0 Å². The Labute approximate surface area is 109 Å². The Balaban J connectivity index is 2.36. The summed E-state index contributed by atoms with van der Waals surface area (Å²) in [5.41, 5.74) is 1.000. The summed E-state index contributed by atoms with van der Waals surface area (Å²) in [6.45, 7) is 0. The number of hydrogen-bond donors (Lipinski definition) is 0. The van der Waals surface area contributed by atoms with Crippen molar-refractivity contribution in [3.8, 4) is 4.97 Å². The molecular weight excluding hydrogens is 295 g/mol. The second-order valence-corrected chi connectivity index (χ2v) is 5.33. The van der Waals surface area contributed by atoms with Gasteiger partial charge in [0, 0.05) is 0 Å². The predicted molar refractivity (Wildman–Crippen MR) is 65.8 cm³/mol. The quantitative estimate of drug-likeness (QED) is 0.593. The molecule has 0 unspecified atom stereocenters. The summed E-state index contributed by atoms with van der Waals surface area (Å²) in [5.74, 6) is -0.739. The van der Waals surface area contributed by atoms with Crippen molar-refractivity contribution in [2.75, 3.05) is 0 Å². The molecular formula is C13H6N2O2Se. The molecule has 3 rings (SSSR count). The van der Waals surface area contributed by atoms with Crippen LogP contribution in [0, 0.1) is 10.2 Å².